The van der Waals surface area contributed by atoms with Crippen LogP contribution in [0.5, 0.6) is 0 Å². The Labute approximate surface area is 169 Å². The number of unbranched alkanes of at least 4 members (excludes halogenated alkanes) is 1. The molecule has 0 aliphatic carbocycles. The van der Waals surface area contributed by atoms with Gasteiger partial charge in [0, 0.05) is 11.3 Å². The first-order valence-corrected chi connectivity index (χ1v) is 10.4. The van der Waals surface area contributed by atoms with E-state index in [2.05, 4.69) is 53.5 Å². The third-order valence-electron chi connectivity index (χ3n) is 4.47. The fourth-order valence-electron chi connectivity index (χ4n) is 2.90. The SMILES string of the molecule is CCCCNCc1nc(Cc2ccc(C)cc2)n(-c2ccc(SN)cc2F)n1. The molecule has 2 aromatic carbocycles. The van der Waals surface area contributed by atoms with Gasteiger partial charge in [0.1, 0.15) is 17.3 Å². The first-order valence-electron chi connectivity index (χ1n) is 9.48. The summed E-state index contributed by atoms with van der Waals surface area (Å²) in [5.74, 6) is 1.01. The Morgan fingerprint density at radius 2 is 1.96 bits per heavy atom. The Morgan fingerprint density at radius 3 is 2.64 bits per heavy atom. The molecule has 0 aliphatic rings. The van der Waals surface area contributed by atoms with Crippen LogP contribution in [0.4, 0.5) is 4.39 Å². The van der Waals surface area contributed by atoms with Crippen molar-refractivity contribution in [3.63, 3.8) is 0 Å². The highest BCUT2D eigenvalue weighted by Gasteiger charge is 2.16. The van der Waals surface area contributed by atoms with E-state index in [0.717, 1.165) is 36.9 Å². The monoisotopic (exact) mass is 399 g/mol. The smallest absolute Gasteiger partial charge is 0.165 e. The van der Waals surface area contributed by atoms with Gasteiger partial charge in [-0.3, -0.25) is 5.14 Å². The number of nitrogens with zero attached hydrogens (tertiary/aromatic N) is 3. The number of aryl methyl sites for hydroxylation is 1. The predicted octanol–water partition coefficient (Wildman–Crippen LogP) is 4.16. The van der Waals surface area contributed by atoms with Crippen molar-refractivity contribution in [1.82, 2.24) is 20.1 Å². The summed E-state index contributed by atoms with van der Waals surface area (Å²) in [4.78, 5) is 5.35. The van der Waals surface area contributed by atoms with Crippen molar-refractivity contribution in [1.29, 1.82) is 0 Å². The second-order valence-corrected chi connectivity index (χ2v) is 7.49. The molecule has 0 fully saturated rings. The minimum atomic E-state index is -0.365. The summed E-state index contributed by atoms with van der Waals surface area (Å²) < 4.78 is 16.3. The summed E-state index contributed by atoms with van der Waals surface area (Å²) in [7, 11) is 0. The van der Waals surface area contributed by atoms with Gasteiger partial charge in [0.15, 0.2) is 5.82 Å². The number of benzene rings is 2. The van der Waals surface area contributed by atoms with Gasteiger partial charge in [0.2, 0.25) is 0 Å². The van der Waals surface area contributed by atoms with Crippen molar-refractivity contribution >= 4 is 11.9 Å². The average Bonchev–Trinajstić information content (AvgIpc) is 3.09. The minimum absolute atomic E-state index is 0.365. The molecular formula is C21H26FN5S. The van der Waals surface area contributed by atoms with Crippen LogP contribution in [0.1, 0.15) is 42.5 Å². The molecule has 0 radical (unpaired) electrons. The molecule has 3 aromatic rings. The van der Waals surface area contributed by atoms with Crippen molar-refractivity contribution in [2.45, 2.75) is 44.6 Å². The van der Waals surface area contributed by atoms with Gasteiger partial charge in [0.05, 0.1) is 6.54 Å². The van der Waals surface area contributed by atoms with E-state index in [4.69, 9.17) is 5.14 Å². The molecule has 5 nitrogen and oxygen atoms in total. The minimum Gasteiger partial charge on any atom is -0.310 e. The van der Waals surface area contributed by atoms with Crippen molar-refractivity contribution < 1.29 is 4.39 Å². The van der Waals surface area contributed by atoms with Crippen LogP contribution in [-0.4, -0.2) is 21.3 Å². The molecule has 3 N–H and O–H groups in total. The van der Waals surface area contributed by atoms with Crippen LogP contribution >= 0.6 is 11.9 Å². The van der Waals surface area contributed by atoms with Crippen LogP contribution in [0.25, 0.3) is 5.69 Å². The lowest BCUT2D eigenvalue weighted by molar-refractivity contribution is 0.597. The normalized spacial score (nSPS) is 11.1. The van der Waals surface area contributed by atoms with Crippen LogP contribution < -0.4 is 10.5 Å². The van der Waals surface area contributed by atoms with E-state index < -0.39 is 0 Å². The molecule has 0 saturated heterocycles. The largest absolute Gasteiger partial charge is 0.310 e. The molecule has 0 spiro atoms. The van der Waals surface area contributed by atoms with E-state index in [1.165, 1.54) is 11.6 Å². The zero-order valence-electron chi connectivity index (χ0n) is 16.3. The third kappa shape index (κ3) is 5.19. The Kier molecular flexibility index (Phi) is 7.19. The summed E-state index contributed by atoms with van der Waals surface area (Å²) in [5, 5.41) is 13.5. The average molecular weight is 400 g/mol. The second kappa shape index (κ2) is 9.82. The number of nitrogens with two attached hydrogens (primary N) is 1. The van der Waals surface area contributed by atoms with Gasteiger partial charge in [0.25, 0.3) is 0 Å². The van der Waals surface area contributed by atoms with Gasteiger partial charge in [-0.1, -0.05) is 43.2 Å². The summed E-state index contributed by atoms with van der Waals surface area (Å²) in [6.07, 6.45) is 2.81. The number of nitrogens with one attached hydrogen (secondary N) is 1. The third-order valence-corrected chi connectivity index (χ3v) is 5.00. The van der Waals surface area contributed by atoms with Gasteiger partial charge in [-0.05, 0) is 55.6 Å². The summed E-state index contributed by atoms with van der Waals surface area (Å²) in [6, 6.07) is 13.2. The van der Waals surface area contributed by atoms with Crippen molar-refractivity contribution in [3.8, 4) is 5.69 Å². The quantitative estimate of drug-likeness (QED) is 0.418. The lowest BCUT2D eigenvalue weighted by atomic mass is 10.1. The van der Waals surface area contributed by atoms with E-state index in [1.807, 2.05) is 0 Å². The fraction of sp³-hybridized carbons (Fsp3) is 0.333. The highest BCUT2D eigenvalue weighted by atomic mass is 32.2. The van der Waals surface area contributed by atoms with Gasteiger partial charge in [-0.15, -0.1) is 5.10 Å². The maximum absolute atomic E-state index is 14.7. The van der Waals surface area contributed by atoms with E-state index in [1.54, 1.807) is 16.8 Å². The van der Waals surface area contributed by atoms with Crippen LogP contribution in [0, 0.1) is 12.7 Å². The lowest BCUT2D eigenvalue weighted by Crippen LogP contribution is -2.15. The maximum Gasteiger partial charge on any atom is 0.165 e. The topological polar surface area (TPSA) is 68.8 Å². The first kappa shape index (κ1) is 20.5. The van der Waals surface area contributed by atoms with E-state index in [-0.39, 0.29) is 5.82 Å². The fourth-order valence-corrected chi connectivity index (χ4v) is 3.22. The van der Waals surface area contributed by atoms with E-state index >= 15 is 0 Å². The van der Waals surface area contributed by atoms with Gasteiger partial charge in [-0.2, -0.15) is 0 Å². The number of rotatable bonds is 9. The molecule has 7 heteroatoms. The molecule has 0 unspecified atom stereocenters. The number of hydrogen-bond donors (Lipinski definition) is 2. The molecule has 0 atom stereocenters. The predicted molar refractivity (Wildman–Crippen MR) is 112 cm³/mol. The van der Waals surface area contributed by atoms with Crippen LogP contribution in [0.2, 0.25) is 0 Å². The molecule has 0 bridgehead atoms. The highest BCUT2D eigenvalue weighted by Crippen LogP contribution is 2.21. The van der Waals surface area contributed by atoms with Crippen molar-refractivity contribution in [3.05, 3.63) is 71.1 Å². The Balaban J connectivity index is 1.91. The van der Waals surface area contributed by atoms with Crippen molar-refractivity contribution in [2.24, 2.45) is 5.14 Å². The lowest BCUT2D eigenvalue weighted by Gasteiger charge is -2.08. The molecule has 0 aliphatic heterocycles. The molecular weight excluding hydrogens is 373 g/mol. The number of aromatic nitrogens is 3. The molecule has 0 amide bonds. The zero-order valence-corrected chi connectivity index (χ0v) is 17.1. The van der Waals surface area contributed by atoms with E-state index in [9.17, 15) is 4.39 Å². The molecule has 3 rings (SSSR count). The van der Waals surface area contributed by atoms with Gasteiger partial charge < -0.3 is 5.32 Å². The standard InChI is InChI=1S/C21H26FN5S/c1-3-4-11-24-14-20-25-21(12-16-7-5-15(2)6-8-16)27(26-20)19-10-9-17(28-23)13-18(19)22/h5-10,13,24H,3-4,11-12,14,23H2,1-2H3. The maximum atomic E-state index is 14.7. The second-order valence-electron chi connectivity index (χ2n) is 6.78. The first-order chi connectivity index (χ1) is 13.6. The molecule has 148 valence electrons. The molecule has 1 aromatic heterocycles. The Bertz CT molecular complexity index is 908. The van der Waals surface area contributed by atoms with Crippen LogP contribution in [-0.2, 0) is 13.0 Å². The molecule has 1 heterocycles. The summed E-state index contributed by atoms with van der Waals surface area (Å²) >= 11 is 1.02. The Morgan fingerprint density at radius 1 is 1.18 bits per heavy atom. The highest BCUT2D eigenvalue weighted by molar-refractivity contribution is 7.97. The van der Waals surface area contributed by atoms with Crippen LogP contribution in [0.15, 0.2) is 47.4 Å². The summed E-state index contributed by atoms with van der Waals surface area (Å²) in [5.41, 5.74) is 2.69. The van der Waals surface area contributed by atoms with E-state index in [0.29, 0.717) is 35.2 Å². The molecule has 0 saturated carbocycles. The Hall–Kier alpha value is -2.22. The molecule has 28 heavy (non-hydrogen) atoms. The summed E-state index contributed by atoms with van der Waals surface area (Å²) in [6.45, 7) is 5.68. The zero-order chi connectivity index (χ0) is 19.9. The van der Waals surface area contributed by atoms with Crippen LogP contribution in [0.3, 0.4) is 0 Å². The van der Waals surface area contributed by atoms with Crippen molar-refractivity contribution in [2.75, 3.05) is 6.54 Å². The van der Waals surface area contributed by atoms with Gasteiger partial charge in [-0.25, -0.2) is 14.1 Å². The van der Waals surface area contributed by atoms with Gasteiger partial charge >= 0.3 is 0 Å². The number of hydrogen-bond acceptors (Lipinski definition) is 5. The number of halogens is 1.